The van der Waals surface area contributed by atoms with E-state index in [2.05, 4.69) is 27.2 Å². The van der Waals surface area contributed by atoms with Crippen LogP contribution in [0.3, 0.4) is 0 Å². The summed E-state index contributed by atoms with van der Waals surface area (Å²) in [7, 11) is 0. The second kappa shape index (κ2) is 7.52. The van der Waals surface area contributed by atoms with Gasteiger partial charge in [0.2, 0.25) is 5.91 Å². The van der Waals surface area contributed by atoms with Gasteiger partial charge in [-0.2, -0.15) is 0 Å². The van der Waals surface area contributed by atoms with Crippen molar-refractivity contribution in [2.24, 2.45) is 0 Å². The molecule has 0 unspecified atom stereocenters. The molecule has 20 heavy (non-hydrogen) atoms. The van der Waals surface area contributed by atoms with Gasteiger partial charge in [0.15, 0.2) is 0 Å². The van der Waals surface area contributed by atoms with Crippen molar-refractivity contribution in [1.82, 2.24) is 20.1 Å². The zero-order chi connectivity index (χ0) is 14.4. The third-order valence-corrected chi connectivity index (χ3v) is 4.16. The van der Waals surface area contributed by atoms with Crippen molar-refractivity contribution in [2.75, 3.05) is 39.3 Å². The number of thiazole rings is 1. The SMILES string of the molecule is C=CCNCC(=O)N1CCN(Cc2csc(C)n2)CC1. The molecular formula is C14H22N4OS. The zero-order valence-corrected chi connectivity index (χ0v) is 12.8. The Bertz CT molecular complexity index is 452. The van der Waals surface area contributed by atoms with Crippen LogP contribution < -0.4 is 5.32 Å². The third-order valence-electron chi connectivity index (χ3n) is 3.34. The Morgan fingerprint density at radius 1 is 1.50 bits per heavy atom. The molecule has 0 bridgehead atoms. The van der Waals surface area contributed by atoms with Gasteiger partial charge in [0.05, 0.1) is 17.2 Å². The fraction of sp³-hybridized carbons (Fsp3) is 0.571. The van der Waals surface area contributed by atoms with Crippen molar-refractivity contribution in [3.8, 4) is 0 Å². The molecule has 1 aromatic heterocycles. The van der Waals surface area contributed by atoms with Crippen LogP contribution in [0.5, 0.6) is 0 Å². The Balaban J connectivity index is 1.71. The van der Waals surface area contributed by atoms with Crippen LogP contribution in [0.4, 0.5) is 0 Å². The van der Waals surface area contributed by atoms with Crippen molar-refractivity contribution in [2.45, 2.75) is 13.5 Å². The summed E-state index contributed by atoms with van der Waals surface area (Å²) in [4.78, 5) is 20.7. The van der Waals surface area contributed by atoms with Crippen molar-refractivity contribution in [1.29, 1.82) is 0 Å². The molecule has 0 aliphatic carbocycles. The van der Waals surface area contributed by atoms with Gasteiger partial charge in [0, 0.05) is 44.6 Å². The number of hydrogen-bond acceptors (Lipinski definition) is 5. The second-order valence-corrected chi connectivity index (χ2v) is 6.00. The molecule has 1 N–H and O–H groups in total. The summed E-state index contributed by atoms with van der Waals surface area (Å²) in [6, 6.07) is 0. The molecule has 5 nitrogen and oxygen atoms in total. The van der Waals surface area contributed by atoms with Crippen LogP contribution in [0.2, 0.25) is 0 Å². The minimum absolute atomic E-state index is 0.177. The van der Waals surface area contributed by atoms with Crippen molar-refractivity contribution < 1.29 is 4.79 Å². The molecule has 0 spiro atoms. The maximum atomic E-state index is 11.9. The first-order chi connectivity index (χ1) is 9.69. The lowest BCUT2D eigenvalue weighted by Crippen LogP contribution is -2.50. The molecule has 1 amide bonds. The van der Waals surface area contributed by atoms with Crippen LogP contribution in [0, 0.1) is 6.92 Å². The molecule has 2 rings (SSSR count). The number of nitrogens with one attached hydrogen (secondary N) is 1. The zero-order valence-electron chi connectivity index (χ0n) is 12.0. The summed E-state index contributed by atoms with van der Waals surface area (Å²) < 4.78 is 0. The molecule has 1 aliphatic rings. The maximum absolute atomic E-state index is 11.9. The number of aryl methyl sites for hydroxylation is 1. The summed E-state index contributed by atoms with van der Waals surface area (Å²) >= 11 is 1.69. The average molecular weight is 294 g/mol. The van der Waals surface area contributed by atoms with Gasteiger partial charge in [-0.05, 0) is 6.92 Å². The van der Waals surface area contributed by atoms with E-state index in [4.69, 9.17) is 0 Å². The number of rotatable bonds is 6. The van der Waals surface area contributed by atoms with Crippen LogP contribution in [-0.2, 0) is 11.3 Å². The highest BCUT2D eigenvalue weighted by atomic mass is 32.1. The monoisotopic (exact) mass is 294 g/mol. The standard InChI is InChI=1S/C14H22N4OS/c1-3-4-15-9-14(19)18-7-5-17(6-8-18)10-13-11-20-12(2)16-13/h3,11,15H,1,4-10H2,2H3. The molecule has 1 fully saturated rings. The predicted molar refractivity (Wildman–Crippen MR) is 81.8 cm³/mol. The van der Waals surface area contributed by atoms with E-state index in [1.165, 1.54) is 0 Å². The largest absolute Gasteiger partial charge is 0.339 e. The van der Waals surface area contributed by atoms with Crippen molar-refractivity contribution in [3.63, 3.8) is 0 Å². The van der Waals surface area contributed by atoms with Crippen molar-refractivity contribution in [3.05, 3.63) is 28.7 Å². The minimum Gasteiger partial charge on any atom is -0.339 e. The van der Waals surface area contributed by atoms with Gasteiger partial charge in [0.25, 0.3) is 0 Å². The lowest BCUT2D eigenvalue weighted by atomic mass is 10.3. The van der Waals surface area contributed by atoms with Gasteiger partial charge >= 0.3 is 0 Å². The summed E-state index contributed by atoms with van der Waals surface area (Å²) in [5.74, 6) is 0.177. The Morgan fingerprint density at radius 3 is 2.85 bits per heavy atom. The average Bonchev–Trinajstić information content (AvgIpc) is 2.85. The minimum atomic E-state index is 0.177. The Hall–Kier alpha value is -1.24. The normalized spacial score (nSPS) is 16.4. The maximum Gasteiger partial charge on any atom is 0.236 e. The van der Waals surface area contributed by atoms with Crippen LogP contribution >= 0.6 is 11.3 Å². The van der Waals surface area contributed by atoms with E-state index in [0.717, 1.165) is 43.4 Å². The van der Waals surface area contributed by atoms with Gasteiger partial charge < -0.3 is 10.2 Å². The second-order valence-electron chi connectivity index (χ2n) is 4.93. The number of carbonyl (C=O) groups excluding carboxylic acids is 1. The molecular weight excluding hydrogens is 272 g/mol. The Labute approximate surface area is 124 Å². The van der Waals surface area contributed by atoms with Crippen molar-refractivity contribution >= 4 is 17.2 Å². The van der Waals surface area contributed by atoms with E-state index >= 15 is 0 Å². The summed E-state index contributed by atoms with van der Waals surface area (Å²) in [5.41, 5.74) is 1.14. The van der Waals surface area contributed by atoms with Crippen LogP contribution in [-0.4, -0.2) is 60.0 Å². The lowest BCUT2D eigenvalue weighted by Gasteiger charge is -2.34. The molecule has 1 saturated heterocycles. The van der Waals surface area contributed by atoms with Crippen LogP contribution in [0.15, 0.2) is 18.0 Å². The van der Waals surface area contributed by atoms with E-state index in [9.17, 15) is 4.79 Å². The first kappa shape index (κ1) is 15.2. The van der Waals surface area contributed by atoms with Gasteiger partial charge in [-0.25, -0.2) is 4.98 Å². The summed E-state index contributed by atoms with van der Waals surface area (Å²) in [6.07, 6.45) is 1.76. The summed E-state index contributed by atoms with van der Waals surface area (Å²) in [5, 5.41) is 6.28. The fourth-order valence-electron chi connectivity index (χ4n) is 2.26. The van der Waals surface area contributed by atoms with Crippen LogP contribution in [0.25, 0.3) is 0 Å². The Morgan fingerprint density at radius 2 is 2.25 bits per heavy atom. The molecule has 6 heteroatoms. The third kappa shape index (κ3) is 4.40. The smallest absolute Gasteiger partial charge is 0.236 e. The molecule has 0 radical (unpaired) electrons. The van der Waals surface area contributed by atoms with E-state index in [0.29, 0.717) is 13.1 Å². The summed E-state index contributed by atoms with van der Waals surface area (Å²) in [6.45, 7) is 11.1. The number of amides is 1. The quantitative estimate of drug-likeness (QED) is 0.625. The molecule has 1 aliphatic heterocycles. The van der Waals surface area contributed by atoms with E-state index in [-0.39, 0.29) is 5.91 Å². The fourth-order valence-corrected chi connectivity index (χ4v) is 2.86. The van der Waals surface area contributed by atoms with E-state index < -0.39 is 0 Å². The van der Waals surface area contributed by atoms with Gasteiger partial charge in [-0.15, -0.1) is 17.9 Å². The number of carbonyl (C=O) groups is 1. The number of hydrogen-bond donors (Lipinski definition) is 1. The number of nitrogens with zero attached hydrogens (tertiary/aromatic N) is 3. The van der Waals surface area contributed by atoms with Gasteiger partial charge in [0.1, 0.15) is 0 Å². The van der Waals surface area contributed by atoms with Gasteiger partial charge in [-0.3, -0.25) is 9.69 Å². The highest BCUT2D eigenvalue weighted by molar-refractivity contribution is 7.09. The molecule has 1 aromatic rings. The number of aromatic nitrogens is 1. The first-order valence-electron chi connectivity index (χ1n) is 6.92. The topological polar surface area (TPSA) is 48.5 Å². The first-order valence-corrected chi connectivity index (χ1v) is 7.79. The lowest BCUT2D eigenvalue weighted by molar-refractivity contribution is -0.132. The molecule has 0 aromatic carbocycles. The Kier molecular flexibility index (Phi) is 5.70. The predicted octanol–water partition coefficient (Wildman–Crippen LogP) is 0.871. The van der Waals surface area contributed by atoms with E-state index in [1.807, 2.05) is 11.8 Å². The molecule has 0 saturated carbocycles. The van der Waals surface area contributed by atoms with E-state index in [1.54, 1.807) is 17.4 Å². The molecule has 0 atom stereocenters. The highest BCUT2D eigenvalue weighted by Gasteiger charge is 2.20. The number of piperazine rings is 1. The molecule has 110 valence electrons. The molecule has 2 heterocycles. The van der Waals surface area contributed by atoms with Crippen LogP contribution in [0.1, 0.15) is 10.7 Å². The highest BCUT2D eigenvalue weighted by Crippen LogP contribution is 2.12. The van der Waals surface area contributed by atoms with Gasteiger partial charge in [-0.1, -0.05) is 6.08 Å².